The molecule has 0 aromatic heterocycles. The number of carbonyl (C=O) groups is 1. The molecule has 84 valence electrons. The first-order valence-electron chi connectivity index (χ1n) is 6.13. The number of fused-ring (bicyclic) bond motifs is 2. The van der Waals surface area contributed by atoms with Crippen LogP contribution in [0.3, 0.4) is 0 Å². The molecule has 0 N–H and O–H groups in total. The maximum absolute atomic E-state index is 12.5. The molecule has 0 spiro atoms. The van der Waals surface area contributed by atoms with E-state index in [4.69, 9.17) is 0 Å². The van der Waals surface area contributed by atoms with Gasteiger partial charge in [-0.2, -0.15) is 0 Å². The lowest BCUT2D eigenvalue weighted by atomic mass is 9.75. The van der Waals surface area contributed by atoms with E-state index >= 15 is 0 Å². The lowest BCUT2D eigenvalue weighted by Crippen LogP contribution is -2.32. The van der Waals surface area contributed by atoms with Gasteiger partial charge in [-0.3, -0.25) is 4.79 Å². The van der Waals surface area contributed by atoms with Gasteiger partial charge in [0, 0.05) is 10.8 Å². The van der Waals surface area contributed by atoms with Crippen LogP contribution in [0.4, 0.5) is 0 Å². The van der Waals surface area contributed by atoms with Crippen LogP contribution in [-0.2, 0) is 4.79 Å². The van der Waals surface area contributed by atoms with Gasteiger partial charge in [-0.25, -0.2) is 0 Å². The van der Waals surface area contributed by atoms with Crippen LogP contribution >= 0.6 is 0 Å². The third-order valence-electron chi connectivity index (χ3n) is 4.70. The van der Waals surface area contributed by atoms with E-state index in [1.165, 1.54) is 5.57 Å². The molecular formula is C14H22O. The molecule has 0 heterocycles. The minimum Gasteiger partial charge on any atom is -0.298 e. The van der Waals surface area contributed by atoms with Crippen LogP contribution in [0.25, 0.3) is 0 Å². The summed E-state index contributed by atoms with van der Waals surface area (Å²) in [7, 11) is 0. The number of allylic oxidation sites excluding steroid dienone is 2. The van der Waals surface area contributed by atoms with E-state index in [1.807, 2.05) is 0 Å². The highest BCUT2D eigenvalue weighted by Gasteiger charge is 2.56. The zero-order valence-electron chi connectivity index (χ0n) is 10.4. The fraction of sp³-hybridized carbons (Fsp3) is 0.786. The predicted molar refractivity (Wildman–Crippen MR) is 62.6 cm³/mol. The Kier molecular flexibility index (Phi) is 2.33. The molecule has 0 aliphatic heterocycles. The van der Waals surface area contributed by atoms with Gasteiger partial charge >= 0.3 is 0 Å². The van der Waals surface area contributed by atoms with Gasteiger partial charge in [0.25, 0.3) is 0 Å². The number of Topliss-reactive ketones (excluding diaryl/α,β-unsaturated/α-hetero) is 1. The molecule has 1 nitrogen and oxygen atoms in total. The highest BCUT2D eigenvalue weighted by atomic mass is 16.1. The standard InChI is InChI=1S/C14H22O/c1-5-11-9-13(3)8-10(2)6-7-14(11,4)12(13)15/h6,11H,5,7-9H2,1-4H3/t11-,13-,14+/m0/s1. The Balaban J connectivity index is 2.45. The van der Waals surface area contributed by atoms with Gasteiger partial charge in [-0.05, 0) is 32.1 Å². The summed E-state index contributed by atoms with van der Waals surface area (Å²) in [5, 5.41) is 0. The Morgan fingerprint density at radius 1 is 1.47 bits per heavy atom. The van der Waals surface area contributed by atoms with E-state index in [9.17, 15) is 4.79 Å². The van der Waals surface area contributed by atoms with E-state index in [-0.39, 0.29) is 10.8 Å². The fourth-order valence-electron chi connectivity index (χ4n) is 3.82. The van der Waals surface area contributed by atoms with Crippen LogP contribution in [0.15, 0.2) is 11.6 Å². The highest BCUT2D eigenvalue weighted by Crippen LogP contribution is 2.57. The van der Waals surface area contributed by atoms with Crippen molar-refractivity contribution in [2.45, 2.75) is 53.4 Å². The Bertz CT molecular complexity index is 328. The molecule has 0 aromatic carbocycles. The third kappa shape index (κ3) is 1.39. The van der Waals surface area contributed by atoms with Gasteiger partial charge < -0.3 is 0 Å². The first-order valence-corrected chi connectivity index (χ1v) is 6.13. The molecule has 2 aliphatic carbocycles. The minimum absolute atomic E-state index is 0.0630. The lowest BCUT2D eigenvalue weighted by Gasteiger charge is -2.28. The topological polar surface area (TPSA) is 17.1 Å². The normalized spacial score (nSPS) is 45.2. The average Bonchev–Trinajstić information content (AvgIpc) is 2.31. The third-order valence-corrected chi connectivity index (χ3v) is 4.70. The molecule has 1 saturated carbocycles. The van der Waals surface area contributed by atoms with Crippen LogP contribution in [0.2, 0.25) is 0 Å². The van der Waals surface area contributed by atoms with Crippen molar-refractivity contribution >= 4 is 5.78 Å². The van der Waals surface area contributed by atoms with Crippen molar-refractivity contribution in [3.8, 4) is 0 Å². The number of rotatable bonds is 1. The summed E-state index contributed by atoms with van der Waals surface area (Å²) < 4.78 is 0. The van der Waals surface area contributed by atoms with Crippen molar-refractivity contribution in [1.82, 2.24) is 0 Å². The molecule has 2 bridgehead atoms. The second-order valence-electron chi connectivity index (χ2n) is 6.05. The van der Waals surface area contributed by atoms with Crippen molar-refractivity contribution in [1.29, 1.82) is 0 Å². The molecule has 0 aromatic rings. The number of carbonyl (C=O) groups excluding carboxylic acids is 1. The molecule has 2 rings (SSSR count). The van der Waals surface area contributed by atoms with Crippen LogP contribution in [0.1, 0.15) is 53.4 Å². The molecule has 0 saturated heterocycles. The zero-order chi connectivity index (χ0) is 11.3. The second-order valence-corrected chi connectivity index (χ2v) is 6.05. The molecule has 0 unspecified atom stereocenters. The van der Waals surface area contributed by atoms with Crippen molar-refractivity contribution in [2.75, 3.05) is 0 Å². The quantitative estimate of drug-likeness (QED) is 0.597. The van der Waals surface area contributed by atoms with E-state index in [0.29, 0.717) is 11.7 Å². The van der Waals surface area contributed by atoms with Gasteiger partial charge in [0.05, 0.1) is 0 Å². The maximum atomic E-state index is 12.5. The molecule has 0 radical (unpaired) electrons. The number of hydrogen-bond acceptors (Lipinski definition) is 1. The van der Waals surface area contributed by atoms with Crippen LogP contribution in [-0.4, -0.2) is 5.78 Å². The van der Waals surface area contributed by atoms with E-state index in [2.05, 4.69) is 33.8 Å². The van der Waals surface area contributed by atoms with Crippen molar-refractivity contribution < 1.29 is 4.79 Å². The first-order chi connectivity index (χ1) is 6.92. The van der Waals surface area contributed by atoms with Crippen LogP contribution in [0.5, 0.6) is 0 Å². The molecule has 1 fully saturated rings. The number of hydrogen-bond donors (Lipinski definition) is 0. The Morgan fingerprint density at radius 2 is 2.13 bits per heavy atom. The van der Waals surface area contributed by atoms with Gasteiger partial charge in [-0.1, -0.05) is 38.8 Å². The molecule has 3 atom stereocenters. The summed E-state index contributed by atoms with van der Waals surface area (Å²) in [6.07, 6.45) is 6.49. The monoisotopic (exact) mass is 206 g/mol. The highest BCUT2D eigenvalue weighted by molar-refractivity contribution is 5.93. The molecule has 1 heteroatoms. The summed E-state index contributed by atoms with van der Waals surface area (Å²) in [4.78, 5) is 12.5. The number of ketones is 1. The minimum atomic E-state index is -0.0682. The van der Waals surface area contributed by atoms with Crippen LogP contribution < -0.4 is 0 Å². The largest absolute Gasteiger partial charge is 0.298 e. The summed E-state index contributed by atoms with van der Waals surface area (Å²) in [6.45, 7) is 8.75. The van der Waals surface area contributed by atoms with E-state index < -0.39 is 0 Å². The second kappa shape index (κ2) is 3.20. The zero-order valence-corrected chi connectivity index (χ0v) is 10.4. The molecule has 0 amide bonds. The summed E-state index contributed by atoms with van der Waals surface area (Å²) in [6, 6.07) is 0. The Morgan fingerprint density at radius 3 is 2.73 bits per heavy atom. The van der Waals surface area contributed by atoms with E-state index in [1.54, 1.807) is 0 Å². The van der Waals surface area contributed by atoms with Crippen molar-refractivity contribution in [3.05, 3.63) is 11.6 Å². The molecular weight excluding hydrogens is 184 g/mol. The first kappa shape index (κ1) is 10.9. The predicted octanol–water partition coefficient (Wildman–Crippen LogP) is 3.74. The van der Waals surface area contributed by atoms with Crippen molar-refractivity contribution in [2.24, 2.45) is 16.7 Å². The van der Waals surface area contributed by atoms with Gasteiger partial charge in [0.1, 0.15) is 5.78 Å². The smallest absolute Gasteiger partial charge is 0.145 e. The van der Waals surface area contributed by atoms with Gasteiger partial charge in [0.15, 0.2) is 0 Å². The lowest BCUT2D eigenvalue weighted by molar-refractivity contribution is -0.132. The SMILES string of the molecule is CC[C@H]1C[C@]2(C)CC(C)=CC[C@@]1(C)C2=O. The van der Waals surface area contributed by atoms with Crippen LogP contribution in [0, 0.1) is 16.7 Å². The Labute approximate surface area is 92.9 Å². The molecule has 2 aliphatic rings. The molecule has 15 heavy (non-hydrogen) atoms. The van der Waals surface area contributed by atoms with Gasteiger partial charge in [-0.15, -0.1) is 0 Å². The maximum Gasteiger partial charge on any atom is 0.145 e. The summed E-state index contributed by atoms with van der Waals surface area (Å²) >= 11 is 0. The van der Waals surface area contributed by atoms with Gasteiger partial charge in [0.2, 0.25) is 0 Å². The van der Waals surface area contributed by atoms with Crippen molar-refractivity contribution in [3.63, 3.8) is 0 Å². The Hall–Kier alpha value is -0.590. The van der Waals surface area contributed by atoms with E-state index in [0.717, 1.165) is 25.7 Å². The fourth-order valence-corrected chi connectivity index (χ4v) is 3.82. The average molecular weight is 206 g/mol. The summed E-state index contributed by atoms with van der Waals surface area (Å²) in [5.41, 5.74) is 1.28. The summed E-state index contributed by atoms with van der Waals surface area (Å²) in [5.74, 6) is 1.12.